The molecule has 0 radical (unpaired) electrons. The van der Waals surface area contributed by atoms with Gasteiger partial charge in [0.25, 0.3) is 0 Å². The highest BCUT2D eigenvalue weighted by atomic mass is 19.1. The topological polar surface area (TPSA) is 158 Å². The van der Waals surface area contributed by atoms with Crippen molar-refractivity contribution in [2.24, 2.45) is 5.73 Å². The van der Waals surface area contributed by atoms with Crippen LogP contribution in [-0.2, 0) is 14.3 Å². The fourth-order valence-corrected chi connectivity index (χ4v) is 4.58. The van der Waals surface area contributed by atoms with E-state index in [1.165, 1.54) is 38.2 Å². The van der Waals surface area contributed by atoms with Gasteiger partial charge in [-0.1, -0.05) is 30.3 Å². The minimum Gasteiger partial charge on any atom is -0.504 e. The number of fused-ring (bicyclic) bond motifs is 4. The number of hydrogen-bond donors (Lipinski definition) is 3. The van der Waals surface area contributed by atoms with E-state index in [1.807, 2.05) is 0 Å². The molecule has 6 atom stereocenters. The Hall–Kier alpha value is -3.93. The number of ketones is 2. The normalized spacial score (nSPS) is 25.8. The van der Waals surface area contributed by atoms with Crippen molar-refractivity contribution in [3.63, 3.8) is 0 Å². The van der Waals surface area contributed by atoms with Gasteiger partial charge in [-0.25, -0.2) is 4.39 Å². The highest BCUT2D eigenvalue weighted by molar-refractivity contribution is 6.33. The number of nitrogens with zero attached hydrogens (tertiary/aromatic N) is 1. The molecule has 0 bridgehead atoms. The number of hydrogen-bond acceptors (Lipinski definition) is 10. The number of carbonyl (C=O) groups is 3. The Morgan fingerprint density at radius 2 is 1.78 bits per heavy atom. The molecule has 1 aliphatic carbocycles. The zero-order chi connectivity index (χ0) is 26.6. The lowest BCUT2D eigenvalue weighted by molar-refractivity contribution is -0.257. The maximum Gasteiger partial charge on any atom is 0.323 e. The van der Waals surface area contributed by atoms with E-state index >= 15 is 4.39 Å². The zero-order valence-electron chi connectivity index (χ0n) is 19.8. The molecule has 0 unspecified atom stereocenters. The number of phenolic OH excluding ortho intramolecular Hbond substituents is 1. The number of nitrogens with two attached hydrogens (primary N) is 1. The summed E-state index contributed by atoms with van der Waals surface area (Å²) in [7, 11) is 0. The van der Waals surface area contributed by atoms with Crippen molar-refractivity contribution < 1.29 is 43.2 Å². The summed E-state index contributed by atoms with van der Waals surface area (Å²) in [6.07, 6.45) is -6.86. The summed E-state index contributed by atoms with van der Waals surface area (Å²) in [5.74, 6) is -3.05. The van der Waals surface area contributed by atoms with Crippen LogP contribution >= 0.6 is 0 Å². The zero-order valence-corrected chi connectivity index (χ0v) is 19.8. The van der Waals surface area contributed by atoms with E-state index in [4.69, 9.17) is 19.9 Å². The number of esters is 1. The molecule has 2 aliphatic rings. The summed E-state index contributed by atoms with van der Waals surface area (Å²) < 4.78 is 31.6. The van der Waals surface area contributed by atoms with E-state index in [9.17, 15) is 24.6 Å². The molecule has 2 heterocycles. The molecule has 1 aromatic heterocycles. The fourth-order valence-electron chi connectivity index (χ4n) is 4.58. The Kier molecular flexibility index (Phi) is 6.14. The van der Waals surface area contributed by atoms with Crippen molar-refractivity contribution in [2.75, 3.05) is 0 Å². The molecule has 37 heavy (non-hydrogen) atoms. The van der Waals surface area contributed by atoms with E-state index < -0.39 is 65.9 Å². The van der Waals surface area contributed by atoms with Gasteiger partial charge in [-0.05, 0) is 19.9 Å². The third kappa shape index (κ3) is 3.91. The van der Waals surface area contributed by atoms with Crippen molar-refractivity contribution in [3.8, 4) is 11.5 Å². The number of carbonyl (C=O) groups excluding carboxylic acids is 3. The number of aromatic hydroxyl groups is 1. The highest BCUT2D eigenvalue weighted by Gasteiger charge is 2.48. The van der Waals surface area contributed by atoms with Crippen LogP contribution in [0.2, 0.25) is 0 Å². The van der Waals surface area contributed by atoms with Gasteiger partial charge >= 0.3 is 5.97 Å². The Labute approximate surface area is 209 Å². The summed E-state index contributed by atoms with van der Waals surface area (Å²) in [6, 6.07) is 8.27. The van der Waals surface area contributed by atoms with Crippen LogP contribution in [0.5, 0.6) is 11.5 Å². The molecule has 1 saturated heterocycles. The molecule has 0 amide bonds. The molecule has 2 aromatic carbocycles. The van der Waals surface area contributed by atoms with Gasteiger partial charge in [-0.3, -0.25) is 19.4 Å². The van der Waals surface area contributed by atoms with Crippen LogP contribution in [-0.4, -0.2) is 69.5 Å². The van der Waals surface area contributed by atoms with Crippen molar-refractivity contribution in [2.45, 2.75) is 50.7 Å². The number of aromatic nitrogens is 1. The average Bonchev–Trinajstić information content (AvgIpc) is 2.89. The molecule has 1 aliphatic heterocycles. The van der Waals surface area contributed by atoms with Crippen LogP contribution in [0.3, 0.4) is 0 Å². The van der Waals surface area contributed by atoms with Gasteiger partial charge < -0.3 is 30.2 Å². The van der Waals surface area contributed by atoms with Gasteiger partial charge in [0.15, 0.2) is 35.3 Å². The number of pyridine rings is 1. The van der Waals surface area contributed by atoms with Crippen LogP contribution in [0.15, 0.2) is 42.6 Å². The fraction of sp³-hybridized carbons (Fsp3) is 0.308. The van der Waals surface area contributed by atoms with Gasteiger partial charge in [0.1, 0.15) is 17.7 Å². The van der Waals surface area contributed by atoms with Crippen molar-refractivity contribution in [1.29, 1.82) is 0 Å². The lowest BCUT2D eigenvalue weighted by Crippen LogP contribution is -2.58. The quantitative estimate of drug-likeness (QED) is 0.346. The second kappa shape index (κ2) is 9.18. The first-order chi connectivity index (χ1) is 17.6. The third-order valence-electron chi connectivity index (χ3n) is 6.46. The van der Waals surface area contributed by atoms with Crippen LogP contribution in [0.4, 0.5) is 4.39 Å². The van der Waals surface area contributed by atoms with Crippen LogP contribution in [0.1, 0.15) is 45.7 Å². The molecule has 3 aromatic rings. The minimum atomic E-state index is -2.23. The summed E-state index contributed by atoms with van der Waals surface area (Å²) in [5, 5.41) is 21.9. The van der Waals surface area contributed by atoms with E-state index in [0.717, 1.165) is 0 Å². The Bertz CT molecular complexity index is 1440. The first kappa shape index (κ1) is 24.8. The number of ether oxygens (including phenoxy) is 3. The lowest BCUT2D eigenvalue weighted by atomic mass is 9.81. The molecule has 5 rings (SSSR count). The minimum absolute atomic E-state index is 0.0114. The van der Waals surface area contributed by atoms with Gasteiger partial charge in [0, 0.05) is 28.3 Å². The van der Waals surface area contributed by atoms with E-state index in [1.54, 1.807) is 18.2 Å². The molecular weight excluding hydrogens is 487 g/mol. The maximum absolute atomic E-state index is 15.3. The molecule has 11 heteroatoms. The van der Waals surface area contributed by atoms with Gasteiger partial charge in [-0.15, -0.1) is 0 Å². The number of halogens is 1. The number of benzene rings is 2. The predicted molar refractivity (Wildman–Crippen MR) is 126 cm³/mol. The smallest absolute Gasteiger partial charge is 0.323 e. The third-order valence-corrected chi connectivity index (χ3v) is 6.46. The second-order valence-electron chi connectivity index (χ2n) is 8.98. The summed E-state index contributed by atoms with van der Waals surface area (Å²) in [4.78, 5) is 42.8. The molecule has 10 nitrogen and oxygen atoms in total. The second-order valence-corrected chi connectivity index (χ2v) is 8.98. The number of aliphatic hydroxyl groups excluding tert-OH is 1. The molecule has 0 saturated carbocycles. The monoisotopic (exact) mass is 510 g/mol. The number of rotatable bonds is 4. The molecule has 0 spiro atoms. The summed E-state index contributed by atoms with van der Waals surface area (Å²) >= 11 is 0. The Morgan fingerprint density at radius 3 is 2.43 bits per heavy atom. The highest BCUT2D eigenvalue weighted by Crippen LogP contribution is 2.45. The molecule has 1 fully saturated rings. The van der Waals surface area contributed by atoms with E-state index in [2.05, 4.69) is 4.98 Å². The van der Waals surface area contributed by atoms with Crippen molar-refractivity contribution in [3.05, 3.63) is 64.8 Å². The molecular formula is C26H23FN2O8. The SMILES string of the molecule is C[C@H](N)C(=O)O[C@H]1[C@@H](O)[C@@H](F)[C@H](Oc2c(O)c3c(c4cccnc24)C(=O)c2ccccc2C3=O)O[C@H]1C. The van der Waals surface area contributed by atoms with Crippen LogP contribution in [0, 0.1) is 0 Å². The largest absolute Gasteiger partial charge is 0.504 e. The first-order valence-corrected chi connectivity index (χ1v) is 11.5. The number of aliphatic hydroxyl groups is 1. The van der Waals surface area contributed by atoms with Crippen LogP contribution < -0.4 is 10.5 Å². The average molecular weight is 510 g/mol. The Balaban J connectivity index is 1.56. The number of phenols is 1. The lowest BCUT2D eigenvalue weighted by Gasteiger charge is -2.39. The summed E-state index contributed by atoms with van der Waals surface area (Å²) in [6.45, 7) is 2.82. The van der Waals surface area contributed by atoms with Gasteiger partial charge in [-0.2, -0.15) is 0 Å². The van der Waals surface area contributed by atoms with Gasteiger partial charge in [0.2, 0.25) is 6.29 Å². The molecule has 4 N–H and O–H groups in total. The predicted octanol–water partition coefficient (Wildman–Crippen LogP) is 1.80. The molecule has 192 valence electrons. The summed E-state index contributed by atoms with van der Waals surface area (Å²) in [5.41, 5.74) is 5.41. The number of alkyl halides is 1. The van der Waals surface area contributed by atoms with Crippen molar-refractivity contribution in [1.82, 2.24) is 4.98 Å². The van der Waals surface area contributed by atoms with Crippen LogP contribution in [0.25, 0.3) is 10.9 Å². The van der Waals surface area contributed by atoms with E-state index in [0.29, 0.717) is 0 Å². The van der Waals surface area contributed by atoms with Gasteiger partial charge in [0.05, 0.1) is 11.7 Å². The standard InChI is InChI=1S/C26H23FN2O8/c1-10(28)25(34)36-23-11(2)35-26(17(27)22(23)33)37-24-18-14(8-5-9-29-18)15-16(21(24)32)20(31)13-7-4-3-6-12(13)19(15)30/h3-11,17,22-23,26,32-33H,28H2,1-2H3/t10-,11-,17+,22-,23+,26-/m0/s1. The Morgan fingerprint density at radius 1 is 1.14 bits per heavy atom. The van der Waals surface area contributed by atoms with Crippen molar-refractivity contribution >= 4 is 28.4 Å². The maximum atomic E-state index is 15.3. The van der Waals surface area contributed by atoms with E-state index in [-0.39, 0.29) is 33.2 Å². The first-order valence-electron chi connectivity index (χ1n) is 11.5.